The fraction of sp³-hybridized carbons (Fsp3) is 0.417. The molecule has 1 aromatic rings. The van der Waals surface area contributed by atoms with Crippen molar-refractivity contribution < 1.29 is 13.2 Å². The lowest BCUT2D eigenvalue weighted by atomic mass is 10.1. The zero-order valence-electron chi connectivity index (χ0n) is 10.4. The molecule has 1 fully saturated rings. The minimum absolute atomic E-state index is 0.120. The van der Waals surface area contributed by atoms with Crippen molar-refractivity contribution in [3.8, 4) is 0 Å². The Hall–Kier alpha value is -1.44. The molecular weight excluding hydrogens is 266 g/mol. The molecule has 1 aromatic carbocycles. The maximum absolute atomic E-state index is 12.0. The summed E-state index contributed by atoms with van der Waals surface area (Å²) < 4.78 is 26.6. The van der Waals surface area contributed by atoms with Gasteiger partial charge in [-0.1, -0.05) is 24.3 Å². The number of sulfonamides is 1. The van der Waals surface area contributed by atoms with E-state index in [-0.39, 0.29) is 24.1 Å². The summed E-state index contributed by atoms with van der Waals surface area (Å²) in [6.07, 6.45) is 0.192. The van der Waals surface area contributed by atoms with Crippen LogP contribution in [0.25, 0.3) is 0 Å². The van der Waals surface area contributed by atoms with Crippen molar-refractivity contribution in [1.82, 2.24) is 10.0 Å². The Morgan fingerprint density at radius 2 is 2.00 bits per heavy atom. The lowest BCUT2D eigenvalue weighted by Gasteiger charge is -2.13. The van der Waals surface area contributed by atoms with E-state index in [0.29, 0.717) is 18.7 Å². The largest absolute Gasteiger partial charge is 0.354 e. The number of benzene rings is 1. The highest BCUT2D eigenvalue weighted by atomic mass is 32.2. The maximum Gasteiger partial charge on any atom is 0.221 e. The molecule has 1 atom stereocenters. The van der Waals surface area contributed by atoms with Crippen molar-refractivity contribution in [2.24, 2.45) is 5.73 Å². The molecule has 1 aliphatic rings. The van der Waals surface area contributed by atoms with Crippen LogP contribution in [0.4, 0.5) is 0 Å². The zero-order valence-corrected chi connectivity index (χ0v) is 11.2. The molecule has 1 heterocycles. The first-order chi connectivity index (χ1) is 9.00. The summed E-state index contributed by atoms with van der Waals surface area (Å²) in [5, 5.41) is 2.59. The molecule has 7 heteroatoms. The molecule has 19 heavy (non-hydrogen) atoms. The van der Waals surface area contributed by atoms with Crippen LogP contribution in [-0.2, 0) is 27.1 Å². The van der Waals surface area contributed by atoms with Crippen LogP contribution in [0.1, 0.15) is 17.5 Å². The van der Waals surface area contributed by atoms with Gasteiger partial charge in [-0.05, 0) is 11.1 Å². The van der Waals surface area contributed by atoms with Gasteiger partial charge in [0.15, 0.2) is 0 Å². The summed E-state index contributed by atoms with van der Waals surface area (Å²) in [6, 6.07) is 6.81. The van der Waals surface area contributed by atoms with Crippen molar-refractivity contribution in [3.63, 3.8) is 0 Å². The van der Waals surface area contributed by atoms with E-state index in [4.69, 9.17) is 5.73 Å². The Labute approximate surface area is 112 Å². The number of amides is 1. The highest BCUT2D eigenvalue weighted by Crippen LogP contribution is 2.12. The van der Waals surface area contributed by atoms with E-state index in [1.54, 1.807) is 12.1 Å². The maximum atomic E-state index is 12.0. The van der Waals surface area contributed by atoms with Crippen LogP contribution in [0.15, 0.2) is 24.3 Å². The normalized spacial score (nSPS) is 19.4. The first kappa shape index (κ1) is 14.0. The number of rotatable bonds is 5. The smallest absolute Gasteiger partial charge is 0.221 e. The summed E-state index contributed by atoms with van der Waals surface area (Å²) in [7, 11) is -3.47. The van der Waals surface area contributed by atoms with Crippen LogP contribution in [0.5, 0.6) is 0 Å². The van der Waals surface area contributed by atoms with Crippen LogP contribution in [0.2, 0.25) is 0 Å². The van der Waals surface area contributed by atoms with Crippen LogP contribution < -0.4 is 15.8 Å². The van der Waals surface area contributed by atoms with E-state index in [0.717, 1.165) is 5.56 Å². The van der Waals surface area contributed by atoms with Gasteiger partial charge >= 0.3 is 0 Å². The molecule has 1 aliphatic heterocycles. The lowest BCUT2D eigenvalue weighted by Crippen LogP contribution is -2.37. The summed E-state index contributed by atoms with van der Waals surface area (Å²) >= 11 is 0. The highest BCUT2D eigenvalue weighted by molar-refractivity contribution is 7.88. The fourth-order valence-electron chi connectivity index (χ4n) is 2.09. The molecule has 1 unspecified atom stereocenters. The van der Waals surface area contributed by atoms with Gasteiger partial charge in [-0.3, -0.25) is 4.79 Å². The van der Waals surface area contributed by atoms with E-state index in [1.165, 1.54) is 0 Å². The van der Waals surface area contributed by atoms with Gasteiger partial charge in [0.1, 0.15) is 0 Å². The number of carbonyl (C=O) groups is 1. The average molecular weight is 283 g/mol. The monoisotopic (exact) mass is 283 g/mol. The predicted molar refractivity (Wildman–Crippen MR) is 71.5 cm³/mol. The van der Waals surface area contributed by atoms with Crippen molar-refractivity contribution >= 4 is 15.9 Å². The van der Waals surface area contributed by atoms with E-state index < -0.39 is 10.0 Å². The Balaban J connectivity index is 2.06. The molecule has 104 valence electrons. The van der Waals surface area contributed by atoms with Gasteiger partial charge in [-0.15, -0.1) is 0 Å². The van der Waals surface area contributed by atoms with Crippen LogP contribution in [0, 0.1) is 0 Å². The molecule has 0 spiro atoms. The zero-order chi connectivity index (χ0) is 13.9. The first-order valence-electron chi connectivity index (χ1n) is 6.04. The fourth-order valence-corrected chi connectivity index (χ4v) is 3.54. The molecule has 0 saturated carbocycles. The van der Waals surface area contributed by atoms with Crippen molar-refractivity contribution in [2.45, 2.75) is 24.8 Å². The molecule has 0 bridgehead atoms. The van der Waals surface area contributed by atoms with E-state index in [9.17, 15) is 13.2 Å². The van der Waals surface area contributed by atoms with Crippen molar-refractivity contribution in [3.05, 3.63) is 35.4 Å². The Kier molecular flexibility index (Phi) is 4.18. The second-order valence-corrected chi connectivity index (χ2v) is 6.31. The van der Waals surface area contributed by atoms with Crippen molar-refractivity contribution in [1.29, 1.82) is 0 Å². The third kappa shape index (κ3) is 3.76. The van der Waals surface area contributed by atoms with Crippen LogP contribution >= 0.6 is 0 Å². The minimum atomic E-state index is -3.47. The summed E-state index contributed by atoms with van der Waals surface area (Å²) in [5.74, 6) is -0.250. The second-order valence-electron chi connectivity index (χ2n) is 4.55. The molecule has 1 amide bonds. The molecule has 6 nitrogen and oxygen atoms in total. The summed E-state index contributed by atoms with van der Waals surface area (Å²) in [5.41, 5.74) is 7.08. The number of hydrogen-bond donors (Lipinski definition) is 3. The number of hydrogen-bond acceptors (Lipinski definition) is 4. The molecule has 4 N–H and O–H groups in total. The highest BCUT2D eigenvalue weighted by Gasteiger charge is 2.26. The molecule has 2 rings (SSSR count). The molecular formula is C12H17N3O3S. The number of carbonyl (C=O) groups excluding carboxylic acids is 1. The average Bonchev–Trinajstić information content (AvgIpc) is 2.74. The van der Waals surface area contributed by atoms with Crippen molar-refractivity contribution in [2.75, 3.05) is 6.54 Å². The number of nitrogens with one attached hydrogen (secondary N) is 2. The van der Waals surface area contributed by atoms with Crippen LogP contribution in [-0.4, -0.2) is 26.9 Å². The Bertz CT molecular complexity index is 571. The molecule has 0 aliphatic carbocycles. The third-order valence-electron chi connectivity index (χ3n) is 3.01. The van der Waals surface area contributed by atoms with E-state index >= 15 is 0 Å². The van der Waals surface area contributed by atoms with Crippen LogP contribution in [0.3, 0.4) is 0 Å². The quantitative estimate of drug-likeness (QED) is 0.675. The molecule has 1 saturated heterocycles. The van der Waals surface area contributed by atoms with Gasteiger partial charge in [0, 0.05) is 25.6 Å². The summed E-state index contributed by atoms with van der Waals surface area (Å²) in [6.45, 7) is 0.645. The first-order valence-corrected chi connectivity index (χ1v) is 7.69. The Morgan fingerprint density at radius 1 is 1.32 bits per heavy atom. The molecule has 0 radical (unpaired) electrons. The van der Waals surface area contributed by atoms with Gasteiger partial charge < -0.3 is 11.1 Å². The van der Waals surface area contributed by atoms with E-state index in [2.05, 4.69) is 10.0 Å². The molecule has 0 aromatic heterocycles. The second kappa shape index (κ2) is 5.68. The topological polar surface area (TPSA) is 101 Å². The predicted octanol–water partition coefficient (Wildman–Crippen LogP) is -0.547. The van der Waals surface area contributed by atoms with Gasteiger partial charge in [0.25, 0.3) is 0 Å². The summed E-state index contributed by atoms with van der Waals surface area (Å²) in [4.78, 5) is 11.0. The standard InChI is InChI=1S/C12H17N3O3S/c13-6-9-3-1-2-4-10(9)8-19(17,18)15-11-5-12(16)14-7-11/h1-4,11,15H,5-8,13H2,(H,14,16). The van der Waals surface area contributed by atoms with E-state index in [1.807, 2.05) is 12.1 Å². The number of nitrogens with two attached hydrogens (primary N) is 1. The Morgan fingerprint density at radius 3 is 2.58 bits per heavy atom. The third-order valence-corrected chi connectivity index (χ3v) is 4.39. The van der Waals surface area contributed by atoms with Gasteiger partial charge in [0.2, 0.25) is 15.9 Å². The van der Waals surface area contributed by atoms with Gasteiger partial charge in [-0.2, -0.15) is 0 Å². The lowest BCUT2D eigenvalue weighted by molar-refractivity contribution is -0.119. The van der Waals surface area contributed by atoms with Gasteiger partial charge in [0.05, 0.1) is 5.75 Å². The van der Waals surface area contributed by atoms with Gasteiger partial charge in [-0.25, -0.2) is 13.1 Å². The SMILES string of the molecule is NCc1ccccc1CS(=O)(=O)NC1CNC(=O)C1. The minimum Gasteiger partial charge on any atom is -0.354 e.